The minimum absolute atomic E-state index is 0.0932. The first-order valence-corrected chi connectivity index (χ1v) is 18.7. The summed E-state index contributed by atoms with van der Waals surface area (Å²) in [6.45, 7) is 14.6. The summed E-state index contributed by atoms with van der Waals surface area (Å²) >= 11 is 10.4. The van der Waals surface area contributed by atoms with Crippen molar-refractivity contribution in [3.05, 3.63) is 90.0 Å². The molecule has 3 aliphatic rings. The summed E-state index contributed by atoms with van der Waals surface area (Å²) in [6, 6.07) is 11.9. The first-order chi connectivity index (χ1) is 24.3. The van der Waals surface area contributed by atoms with Gasteiger partial charge in [-0.05, 0) is 49.8 Å². The van der Waals surface area contributed by atoms with Gasteiger partial charge in [0.25, 0.3) is 5.91 Å². The molecule has 5 rings (SSSR count). The Hall–Kier alpha value is -3.51. The topological polar surface area (TPSA) is 125 Å². The maximum atomic E-state index is 15.1. The van der Waals surface area contributed by atoms with E-state index in [0.29, 0.717) is 22.7 Å². The van der Waals surface area contributed by atoms with Crippen LogP contribution in [0, 0.1) is 24.7 Å². The molecule has 9 atom stereocenters. The van der Waals surface area contributed by atoms with E-state index in [1.54, 1.807) is 31.2 Å². The SMILES string of the molecule is C=CCCC(=O)N[C@@H](C)[C@H](OC(=O)[C@H]1[C@@H]2O[C@@]3(CC2Br)[C@@H]1C(=O)N([C@@H](CO)C(C)C)[C@@H]3C(=O)N(CC=C)c1c(C)cccc1Cl)c1ccccc1. The number of hydrogen-bond donors (Lipinski definition) is 2. The maximum absolute atomic E-state index is 15.1. The van der Waals surface area contributed by atoms with Gasteiger partial charge < -0.3 is 29.7 Å². The molecule has 0 saturated carbocycles. The van der Waals surface area contributed by atoms with E-state index in [-0.39, 0.29) is 36.0 Å². The van der Waals surface area contributed by atoms with Crippen molar-refractivity contribution in [2.75, 3.05) is 18.1 Å². The quantitative estimate of drug-likeness (QED) is 0.135. The Kier molecular flexibility index (Phi) is 12.2. The summed E-state index contributed by atoms with van der Waals surface area (Å²) in [5, 5.41) is 14.0. The maximum Gasteiger partial charge on any atom is 0.313 e. The van der Waals surface area contributed by atoms with Gasteiger partial charge in [0.05, 0.1) is 47.3 Å². The molecule has 2 aromatic carbocycles. The summed E-state index contributed by atoms with van der Waals surface area (Å²) in [6.07, 6.45) is 2.58. The van der Waals surface area contributed by atoms with E-state index in [4.69, 9.17) is 21.1 Å². The number of allylic oxidation sites excluding steroid dienone is 1. The number of amides is 3. The van der Waals surface area contributed by atoms with Gasteiger partial charge in [-0.1, -0.05) is 96.0 Å². The zero-order valence-corrected chi connectivity index (χ0v) is 31.8. The van der Waals surface area contributed by atoms with Gasteiger partial charge in [-0.25, -0.2) is 0 Å². The van der Waals surface area contributed by atoms with Gasteiger partial charge >= 0.3 is 5.97 Å². The molecule has 2 N–H and O–H groups in total. The van der Waals surface area contributed by atoms with Gasteiger partial charge in [0.1, 0.15) is 17.7 Å². The molecule has 12 heteroatoms. The predicted octanol–water partition coefficient (Wildman–Crippen LogP) is 5.69. The highest BCUT2D eigenvalue weighted by Gasteiger charge is 2.78. The van der Waals surface area contributed by atoms with Crippen molar-refractivity contribution in [1.29, 1.82) is 0 Å². The number of carbonyl (C=O) groups is 4. The van der Waals surface area contributed by atoms with Crippen LogP contribution < -0.4 is 10.2 Å². The molecule has 3 heterocycles. The lowest BCUT2D eigenvalue weighted by Gasteiger charge is -2.40. The molecule has 3 saturated heterocycles. The highest BCUT2D eigenvalue weighted by atomic mass is 79.9. The normalized spacial score (nSPS) is 26.7. The molecule has 2 aromatic rings. The molecule has 10 nitrogen and oxygen atoms in total. The van der Waals surface area contributed by atoms with E-state index >= 15 is 4.79 Å². The summed E-state index contributed by atoms with van der Waals surface area (Å²) in [5.41, 5.74) is 0.481. The number of fused-ring (bicyclic) bond motifs is 1. The van der Waals surface area contributed by atoms with Gasteiger partial charge in [-0.2, -0.15) is 0 Å². The minimum atomic E-state index is -1.42. The molecule has 274 valence electrons. The molecule has 1 unspecified atom stereocenters. The number of benzene rings is 2. The molecular formula is C39H47BrClN3O7. The largest absolute Gasteiger partial charge is 0.455 e. The molecule has 0 radical (unpaired) electrons. The number of anilines is 1. The van der Waals surface area contributed by atoms with Gasteiger partial charge in [0.15, 0.2) is 0 Å². The van der Waals surface area contributed by atoms with Crippen molar-refractivity contribution in [3.8, 4) is 0 Å². The van der Waals surface area contributed by atoms with Crippen molar-refractivity contribution < 1.29 is 33.8 Å². The zero-order valence-electron chi connectivity index (χ0n) is 29.5. The zero-order chi connectivity index (χ0) is 37.2. The number of nitrogens with one attached hydrogen (secondary N) is 1. The lowest BCUT2D eigenvalue weighted by atomic mass is 9.70. The van der Waals surface area contributed by atoms with E-state index < -0.39 is 72.2 Å². The number of carbonyl (C=O) groups excluding carboxylic acids is 4. The number of aliphatic hydroxyl groups is 1. The second-order valence-electron chi connectivity index (χ2n) is 14.0. The number of esters is 1. The fourth-order valence-electron chi connectivity index (χ4n) is 8.07. The van der Waals surface area contributed by atoms with Crippen LogP contribution in [0.1, 0.15) is 57.3 Å². The number of nitrogens with zero attached hydrogens (tertiary/aromatic N) is 2. The number of hydrogen-bond acceptors (Lipinski definition) is 7. The van der Waals surface area contributed by atoms with E-state index in [1.165, 1.54) is 9.80 Å². The Balaban J connectivity index is 1.57. The monoisotopic (exact) mass is 783 g/mol. The molecule has 3 amide bonds. The van der Waals surface area contributed by atoms with Crippen LogP contribution >= 0.6 is 27.5 Å². The number of aryl methyl sites for hydroxylation is 1. The lowest BCUT2D eigenvalue weighted by Crippen LogP contribution is -2.60. The highest BCUT2D eigenvalue weighted by molar-refractivity contribution is 9.09. The van der Waals surface area contributed by atoms with E-state index in [2.05, 4.69) is 34.4 Å². The first kappa shape index (κ1) is 38.7. The minimum Gasteiger partial charge on any atom is -0.455 e. The predicted molar refractivity (Wildman–Crippen MR) is 199 cm³/mol. The molecule has 2 bridgehead atoms. The molecule has 51 heavy (non-hydrogen) atoms. The van der Waals surface area contributed by atoms with Crippen LogP contribution in [-0.2, 0) is 28.7 Å². The van der Waals surface area contributed by atoms with Crippen LogP contribution in [-0.4, -0.2) is 81.5 Å². The van der Waals surface area contributed by atoms with Crippen molar-refractivity contribution in [3.63, 3.8) is 0 Å². The van der Waals surface area contributed by atoms with Gasteiger partial charge in [-0.15, -0.1) is 13.2 Å². The Labute approximate surface area is 313 Å². The average Bonchev–Trinajstić information content (AvgIpc) is 3.69. The van der Waals surface area contributed by atoms with E-state index in [0.717, 1.165) is 5.56 Å². The third kappa shape index (κ3) is 7.14. The second kappa shape index (κ2) is 16.0. The molecule has 1 spiro atoms. The Bertz CT molecular complexity index is 1640. The van der Waals surface area contributed by atoms with Crippen molar-refractivity contribution in [2.24, 2.45) is 17.8 Å². The van der Waals surface area contributed by atoms with E-state index in [9.17, 15) is 19.5 Å². The summed E-state index contributed by atoms with van der Waals surface area (Å²) in [5.74, 6) is -4.19. The molecule has 0 aliphatic carbocycles. The number of likely N-dealkylation sites (tertiary alicyclic amines) is 1. The second-order valence-corrected chi connectivity index (χ2v) is 15.6. The Morgan fingerprint density at radius 2 is 1.86 bits per heavy atom. The van der Waals surface area contributed by atoms with Crippen LogP contribution in [0.5, 0.6) is 0 Å². The van der Waals surface area contributed by atoms with Crippen LogP contribution in [0.15, 0.2) is 73.8 Å². The average molecular weight is 785 g/mol. The standard InChI is InChI=1S/C39H47BrClN3O7/c1-7-9-18-29(46)42-24(6)33(25-15-11-10-12-16-25)50-38(49)30-31-36(47)44(28(21-45)22(3)4)35(39(31)20-26(40)34(30)51-39)37(48)43(19-8-2)32-23(5)14-13-17-27(32)41/h7-8,10-17,22,24,26,28,30-31,33-35,45H,1-2,9,18-21H2,3-6H3,(H,42,46)/t24-,26?,28-,30+,31-,33-,34+,35+,39-/m0/s1. The third-order valence-corrected chi connectivity index (χ3v) is 11.5. The van der Waals surface area contributed by atoms with Crippen LogP contribution in [0.25, 0.3) is 0 Å². The van der Waals surface area contributed by atoms with Gasteiger partial charge in [0.2, 0.25) is 11.8 Å². The Morgan fingerprint density at radius 3 is 2.47 bits per heavy atom. The highest BCUT2D eigenvalue weighted by Crippen LogP contribution is 2.61. The van der Waals surface area contributed by atoms with Crippen molar-refractivity contribution >= 4 is 56.9 Å². The van der Waals surface area contributed by atoms with E-state index in [1.807, 2.05) is 57.2 Å². The fourth-order valence-corrected chi connectivity index (χ4v) is 9.33. The van der Waals surface area contributed by atoms with Crippen LogP contribution in [0.2, 0.25) is 5.02 Å². The number of rotatable bonds is 15. The van der Waals surface area contributed by atoms with Crippen molar-refractivity contribution in [2.45, 2.75) is 87.7 Å². The number of ether oxygens (including phenoxy) is 2. The number of alkyl halides is 1. The van der Waals surface area contributed by atoms with Crippen LogP contribution in [0.4, 0.5) is 5.69 Å². The number of halogens is 2. The Morgan fingerprint density at radius 1 is 1.16 bits per heavy atom. The smallest absolute Gasteiger partial charge is 0.313 e. The first-order valence-electron chi connectivity index (χ1n) is 17.4. The number of aliphatic hydroxyl groups excluding tert-OH is 1. The number of para-hydroxylation sites is 1. The molecule has 0 aromatic heterocycles. The van der Waals surface area contributed by atoms with Crippen LogP contribution in [0.3, 0.4) is 0 Å². The van der Waals surface area contributed by atoms with Crippen molar-refractivity contribution in [1.82, 2.24) is 10.2 Å². The fraction of sp³-hybridized carbons (Fsp3) is 0.487. The summed E-state index contributed by atoms with van der Waals surface area (Å²) < 4.78 is 13.0. The van der Waals surface area contributed by atoms with Gasteiger partial charge in [0, 0.05) is 17.8 Å². The molecule has 3 fully saturated rings. The molecular weight excluding hydrogens is 738 g/mol. The third-order valence-electron chi connectivity index (χ3n) is 10.4. The summed E-state index contributed by atoms with van der Waals surface area (Å²) in [4.78, 5) is 59.7. The molecule has 3 aliphatic heterocycles. The van der Waals surface area contributed by atoms with Gasteiger partial charge in [-0.3, -0.25) is 19.2 Å². The summed E-state index contributed by atoms with van der Waals surface area (Å²) in [7, 11) is 0. The lowest BCUT2D eigenvalue weighted by molar-refractivity contribution is -0.162.